The largest absolute Gasteiger partial charge is 0.508 e. The molecule has 2 amide bonds. The SMILES string of the molecule is CCC(C)C(SC(C)=O)C(=O)N[C@@H](Cc1ccccc1)C(=O)N[C@@H](Cc1ccc(O)cc1)C(=O)OC. The molecule has 0 fully saturated rings. The molecule has 2 unspecified atom stereocenters. The van der Waals surface area contributed by atoms with Crippen molar-refractivity contribution < 1.29 is 29.0 Å². The molecule has 0 aliphatic carbocycles. The number of ether oxygens (including phenoxy) is 1. The van der Waals surface area contributed by atoms with Crippen molar-refractivity contribution in [2.75, 3.05) is 7.11 Å². The van der Waals surface area contributed by atoms with Gasteiger partial charge in [-0.15, -0.1) is 0 Å². The third-order valence-electron chi connectivity index (χ3n) is 5.81. The summed E-state index contributed by atoms with van der Waals surface area (Å²) in [7, 11) is 1.23. The van der Waals surface area contributed by atoms with Crippen molar-refractivity contribution in [3.05, 3.63) is 65.7 Å². The van der Waals surface area contributed by atoms with E-state index < -0.39 is 35.1 Å². The Labute approximate surface area is 216 Å². The number of methoxy groups -OCH3 is 1. The summed E-state index contributed by atoms with van der Waals surface area (Å²) in [5.74, 6) is -1.59. The summed E-state index contributed by atoms with van der Waals surface area (Å²) in [6.45, 7) is 5.23. The topological polar surface area (TPSA) is 122 Å². The van der Waals surface area contributed by atoms with E-state index >= 15 is 0 Å². The maximum absolute atomic E-state index is 13.4. The summed E-state index contributed by atoms with van der Waals surface area (Å²) in [6.07, 6.45) is 1.02. The molecule has 0 aliphatic rings. The van der Waals surface area contributed by atoms with E-state index in [0.717, 1.165) is 17.3 Å². The molecule has 3 N–H and O–H groups in total. The quantitative estimate of drug-likeness (QED) is 0.372. The highest BCUT2D eigenvalue weighted by atomic mass is 32.2. The number of rotatable bonds is 12. The van der Waals surface area contributed by atoms with Gasteiger partial charge >= 0.3 is 5.97 Å². The van der Waals surface area contributed by atoms with Crippen molar-refractivity contribution in [3.63, 3.8) is 0 Å². The number of amides is 2. The van der Waals surface area contributed by atoms with Crippen LogP contribution >= 0.6 is 11.8 Å². The smallest absolute Gasteiger partial charge is 0.328 e. The summed E-state index contributed by atoms with van der Waals surface area (Å²) in [6, 6.07) is 13.5. The van der Waals surface area contributed by atoms with Gasteiger partial charge in [-0.2, -0.15) is 0 Å². The number of carbonyl (C=O) groups is 4. The van der Waals surface area contributed by atoms with Crippen LogP contribution in [-0.2, 0) is 36.8 Å². The zero-order valence-electron chi connectivity index (χ0n) is 21.0. The van der Waals surface area contributed by atoms with Crippen molar-refractivity contribution >= 4 is 34.7 Å². The molecule has 8 nitrogen and oxygen atoms in total. The van der Waals surface area contributed by atoms with Gasteiger partial charge in [-0.1, -0.05) is 74.5 Å². The second-order valence-corrected chi connectivity index (χ2v) is 9.94. The summed E-state index contributed by atoms with van der Waals surface area (Å²) in [5.41, 5.74) is 1.53. The minimum atomic E-state index is -1.00. The predicted molar refractivity (Wildman–Crippen MR) is 139 cm³/mol. The van der Waals surface area contributed by atoms with Crippen LogP contribution < -0.4 is 10.6 Å². The monoisotopic (exact) mass is 514 g/mol. The predicted octanol–water partition coefficient (Wildman–Crippen LogP) is 3.01. The first-order valence-corrected chi connectivity index (χ1v) is 12.7. The first kappa shape index (κ1) is 28.9. The van der Waals surface area contributed by atoms with E-state index in [-0.39, 0.29) is 29.6 Å². The van der Waals surface area contributed by atoms with Crippen molar-refractivity contribution in [3.8, 4) is 5.75 Å². The van der Waals surface area contributed by atoms with Gasteiger partial charge in [0.25, 0.3) is 0 Å². The Hall–Kier alpha value is -3.33. The van der Waals surface area contributed by atoms with Crippen molar-refractivity contribution in [1.82, 2.24) is 10.6 Å². The number of hydrogen-bond acceptors (Lipinski definition) is 7. The first-order valence-electron chi connectivity index (χ1n) is 11.8. The number of aromatic hydroxyl groups is 1. The highest BCUT2D eigenvalue weighted by Gasteiger charge is 2.32. The molecule has 9 heteroatoms. The van der Waals surface area contributed by atoms with Crippen LogP contribution in [0.2, 0.25) is 0 Å². The van der Waals surface area contributed by atoms with Crippen LogP contribution in [0, 0.1) is 5.92 Å². The molecule has 0 aliphatic heterocycles. The fourth-order valence-corrected chi connectivity index (χ4v) is 4.57. The highest BCUT2D eigenvalue weighted by molar-refractivity contribution is 8.14. The van der Waals surface area contributed by atoms with E-state index in [1.807, 2.05) is 44.2 Å². The number of esters is 1. The van der Waals surface area contributed by atoms with Crippen LogP contribution in [0.4, 0.5) is 0 Å². The average molecular weight is 515 g/mol. The number of hydrogen-bond donors (Lipinski definition) is 3. The number of benzene rings is 2. The molecule has 4 atom stereocenters. The summed E-state index contributed by atoms with van der Waals surface area (Å²) >= 11 is 0.948. The molecule has 0 radical (unpaired) electrons. The summed E-state index contributed by atoms with van der Waals surface area (Å²) < 4.78 is 4.89. The molecule has 0 heterocycles. The van der Waals surface area contributed by atoms with Crippen LogP contribution in [0.3, 0.4) is 0 Å². The molecular weight excluding hydrogens is 480 g/mol. The van der Waals surface area contributed by atoms with Gasteiger partial charge < -0.3 is 20.5 Å². The van der Waals surface area contributed by atoms with Gasteiger partial charge in [-0.05, 0) is 29.2 Å². The summed E-state index contributed by atoms with van der Waals surface area (Å²) in [4.78, 5) is 50.8. The zero-order chi connectivity index (χ0) is 26.7. The third kappa shape index (κ3) is 9.03. The van der Waals surface area contributed by atoms with Crippen molar-refractivity contribution in [2.45, 2.75) is 57.4 Å². The Morgan fingerprint density at radius 1 is 0.889 bits per heavy atom. The van der Waals surface area contributed by atoms with E-state index in [1.54, 1.807) is 12.1 Å². The number of nitrogens with one attached hydrogen (secondary N) is 2. The third-order valence-corrected chi connectivity index (χ3v) is 7.07. The van der Waals surface area contributed by atoms with Gasteiger partial charge in [0, 0.05) is 19.8 Å². The van der Waals surface area contributed by atoms with E-state index in [1.165, 1.54) is 26.2 Å². The Morgan fingerprint density at radius 3 is 2.00 bits per heavy atom. The second kappa shape index (κ2) is 14.3. The molecular formula is C27H34N2O6S. The molecule has 0 saturated carbocycles. The van der Waals surface area contributed by atoms with E-state index in [4.69, 9.17) is 4.74 Å². The maximum atomic E-state index is 13.4. The molecule has 0 bridgehead atoms. The van der Waals surface area contributed by atoms with Crippen LogP contribution in [0.5, 0.6) is 5.75 Å². The molecule has 2 aromatic carbocycles. The van der Waals surface area contributed by atoms with Crippen LogP contribution in [0.25, 0.3) is 0 Å². The number of phenolic OH excluding ortho intramolecular Hbond substituents is 1. The average Bonchev–Trinajstić information content (AvgIpc) is 2.87. The molecule has 0 saturated heterocycles. The van der Waals surface area contributed by atoms with Gasteiger partial charge in [0.1, 0.15) is 17.8 Å². The fraction of sp³-hybridized carbons (Fsp3) is 0.407. The van der Waals surface area contributed by atoms with Gasteiger partial charge in [0.15, 0.2) is 5.12 Å². The molecule has 0 aromatic heterocycles. The van der Waals surface area contributed by atoms with Gasteiger partial charge in [-0.3, -0.25) is 14.4 Å². The molecule has 36 heavy (non-hydrogen) atoms. The Kier molecular flexibility index (Phi) is 11.5. The lowest BCUT2D eigenvalue weighted by Gasteiger charge is -2.26. The van der Waals surface area contributed by atoms with Gasteiger partial charge in [-0.25, -0.2) is 4.79 Å². The minimum Gasteiger partial charge on any atom is -0.508 e. The Morgan fingerprint density at radius 2 is 1.44 bits per heavy atom. The molecule has 2 rings (SSSR count). The second-order valence-electron chi connectivity index (χ2n) is 8.62. The Bertz CT molecular complexity index is 1030. The number of thioether (sulfide) groups is 1. The highest BCUT2D eigenvalue weighted by Crippen LogP contribution is 2.23. The van der Waals surface area contributed by atoms with E-state index in [2.05, 4.69) is 10.6 Å². The lowest BCUT2D eigenvalue weighted by molar-refractivity contribution is -0.145. The number of carbonyl (C=O) groups excluding carboxylic acids is 4. The normalized spacial score (nSPS) is 14.1. The fourth-order valence-electron chi connectivity index (χ4n) is 3.61. The van der Waals surface area contributed by atoms with Crippen LogP contribution in [0.15, 0.2) is 54.6 Å². The Balaban J connectivity index is 2.27. The van der Waals surface area contributed by atoms with Gasteiger partial charge in [0.05, 0.1) is 12.4 Å². The van der Waals surface area contributed by atoms with Crippen molar-refractivity contribution in [1.29, 1.82) is 0 Å². The van der Waals surface area contributed by atoms with Gasteiger partial charge in [0.2, 0.25) is 11.8 Å². The van der Waals surface area contributed by atoms with E-state index in [0.29, 0.717) is 12.0 Å². The summed E-state index contributed by atoms with van der Waals surface area (Å²) in [5, 5.41) is 14.2. The zero-order valence-corrected chi connectivity index (χ0v) is 21.8. The minimum absolute atomic E-state index is 0.0855. The number of phenols is 1. The molecule has 0 spiro atoms. The first-order chi connectivity index (χ1) is 17.1. The molecule has 2 aromatic rings. The van der Waals surface area contributed by atoms with Crippen molar-refractivity contribution in [2.24, 2.45) is 5.92 Å². The molecule has 194 valence electrons. The lowest BCUT2D eigenvalue weighted by Crippen LogP contribution is -2.55. The van der Waals surface area contributed by atoms with Crippen LogP contribution in [0.1, 0.15) is 38.3 Å². The standard InChI is InChI=1S/C27H34N2O6S/c1-5-17(2)24(36-18(3)30)26(33)28-22(15-19-9-7-6-8-10-19)25(32)29-23(27(34)35-4)16-20-11-13-21(31)14-12-20/h6-14,17,22-24,31H,5,15-16H2,1-4H3,(H,28,33)(H,29,32)/t17?,22-,23-,24?/m0/s1. The maximum Gasteiger partial charge on any atom is 0.328 e. The lowest BCUT2D eigenvalue weighted by atomic mass is 10.0. The van der Waals surface area contributed by atoms with Crippen LogP contribution in [-0.4, -0.2) is 52.4 Å². The van der Waals surface area contributed by atoms with E-state index in [9.17, 15) is 24.3 Å².